The summed E-state index contributed by atoms with van der Waals surface area (Å²) < 4.78 is 3.75. The minimum atomic E-state index is -0.472. The van der Waals surface area contributed by atoms with Crippen molar-refractivity contribution < 1.29 is 0 Å². The highest BCUT2D eigenvalue weighted by molar-refractivity contribution is 8.97. The molecule has 10 heteroatoms. The van der Waals surface area contributed by atoms with E-state index in [-0.39, 0.29) is 0 Å². The molecule has 0 N–H and O–H groups in total. The van der Waals surface area contributed by atoms with Gasteiger partial charge in [0, 0.05) is 6.54 Å². The summed E-state index contributed by atoms with van der Waals surface area (Å²) in [6, 6.07) is 0. The molecule has 0 aromatic heterocycles. The lowest BCUT2D eigenvalue weighted by molar-refractivity contribution is 0.498. The van der Waals surface area contributed by atoms with Gasteiger partial charge in [-0.05, 0) is 67.3 Å². The number of halogens is 4. The topological polar surface area (TPSA) is 3.24 Å². The molecule has 2 unspecified atom stereocenters. The molecule has 0 radical (unpaired) electrons. The van der Waals surface area contributed by atoms with E-state index in [4.69, 9.17) is 44.6 Å². The van der Waals surface area contributed by atoms with Gasteiger partial charge in [-0.25, -0.2) is 0 Å². The largest absolute Gasteiger partial charge is 0.336 e. The molecule has 0 amide bonds. The predicted molar refractivity (Wildman–Crippen MR) is 97.8 cm³/mol. The molecule has 0 aromatic carbocycles. The van der Waals surface area contributed by atoms with Crippen molar-refractivity contribution in [2.24, 2.45) is 0 Å². The van der Waals surface area contributed by atoms with Gasteiger partial charge in [-0.3, -0.25) is 0 Å². The van der Waals surface area contributed by atoms with Gasteiger partial charge in [0.05, 0.1) is 19.9 Å². The molecule has 0 spiro atoms. The van der Waals surface area contributed by atoms with Crippen LogP contribution in [0.1, 0.15) is 6.92 Å². The third-order valence-electron chi connectivity index (χ3n) is 2.38. The SMILES string of the molecule is CCN1C2=C(SC3=C1C(Cl)=S(Cl)S3)SS(Cl)=C2Cl. The van der Waals surface area contributed by atoms with Crippen molar-refractivity contribution in [3.8, 4) is 0 Å². The van der Waals surface area contributed by atoms with E-state index in [0.29, 0.717) is 8.65 Å². The van der Waals surface area contributed by atoms with Gasteiger partial charge in [-0.2, -0.15) is 0 Å². The van der Waals surface area contributed by atoms with Crippen LogP contribution >= 0.6 is 95.4 Å². The van der Waals surface area contributed by atoms with Crippen molar-refractivity contribution in [1.82, 2.24) is 4.90 Å². The average molecular weight is 417 g/mol. The van der Waals surface area contributed by atoms with Crippen molar-refractivity contribution in [1.29, 1.82) is 0 Å². The van der Waals surface area contributed by atoms with Gasteiger partial charge in [0.25, 0.3) is 0 Å². The molecular formula is C8H5Cl4NS5. The Morgan fingerprint density at radius 2 is 1.44 bits per heavy atom. The zero-order chi connectivity index (χ0) is 13.0. The summed E-state index contributed by atoms with van der Waals surface area (Å²) in [5.41, 5.74) is 2.03. The van der Waals surface area contributed by atoms with E-state index >= 15 is 0 Å². The number of hydrogen-bond donors (Lipinski definition) is 0. The molecule has 3 aliphatic heterocycles. The summed E-state index contributed by atoms with van der Waals surface area (Å²) in [7, 11) is 14.7. The average Bonchev–Trinajstić information content (AvgIpc) is 2.77. The monoisotopic (exact) mass is 415 g/mol. The second-order valence-electron chi connectivity index (χ2n) is 3.28. The first-order valence-corrected chi connectivity index (χ1v) is 13.1. The van der Waals surface area contributed by atoms with Gasteiger partial charge in [0.1, 0.15) is 8.65 Å². The number of hydrogen-bond acceptors (Lipinski definition) is 4. The van der Waals surface area contributed by atoms with Gasteiger partial charge in [-0.1, -0.05) is 35.0 Å². The number of rotatable bonds is 1. The molecule has 0 bridgehead atoms. The van der Waals surface area contributed by atoms with E-state index in [2.05, 4.69) is 11.8 Å². The summed E-state index contributed by atoms with van der Waals surface area (Å²) in [5, 5.41) is 0. The van der Waals surface area contributed by atoms with Gasteiger partial charge in [-0.15, -0.1) is 0 Å². The fourth-order valence-electron chi connectivity index (χ4n) is 1.67. The van der Waals surface area contributed by atoms with Crippen molar-refractivity contribution in [2.45, 2.75) is 6.92 Å². The van der Waals surface area contributed by atoms with E-state index < -0.39 is 17.5 Å². The minimum absolute atomic E-state index is 0.472. The number of thioether (sulfide) groups is 1. The summed E-state index contributed by atoms with van der Waals surface area (Å²) >= 11 is 14.4. The maximum atomic E-state index is 6.34. The van der Waals surface area contributed by atoms with E-state index in [1.165, 1.54) is 0 Å². The third kappa shape index (κ3) is 2.24. The van der Waals surface area contributed by atoms with Crippen LogP contribution in [0.15, 0.2) is 19.9 Å². The molecular weight excluding hydrogens is 412 g/mol. The highest BCUT2D eigenvalue weighted by Gasteiger charge is 2.39. The Bertz CT molecular complexity index is 530. The van der Waals surface area contributed by atoms with Gasteiger partial charge < -0.3 is 4.90 Å². The molecule has 3 heterocycles. The Morgan fingerprint density at radius 1 is 1.00 bits per heavy atom. The van der Waals surface area contributed by atoms with E-state index in [9.17, 15) is 0 Å². The zero-order valence-electron chi connectivity index (χ0n) is 8.71. The molecule has 0 saturated carbocycles. The third-order valence-corrected chi connectivity index (χ3v) is 13.9. The maximum Gasteiger partial charge on any atom is 0.114 e. The van der Waals surface area contributed by atoms with Crippen molar-refractivity contribution in [3.63, 3.8) is 0 Å². The van der Waals surface area contributed by atoms with E-state index in [0.717, 1.165) is 26.4 Å². The van der Waals surface area contributed by atoms with Crippen LogP contribution in [0.4, 0.5) is 0 Å². The van der Waals surface area contributed by atoms with Gasteiger partial charge in [0.2, 0.25) is 0 Å². The summed E-state index contributed by atoms with van der Waals surface area (Å²) in [6.07, 6.45) is 0. The molecule has 2 atom stereocenters. The van der Waals surface area contributed by atoms with Crippen LogP contribution in [-0.4, -0.2) is 20.1 Å². The first-order chi connectivity index (χ1) is 8.54. The molecule has 3 rings (SSSR count). The fraction of sp³-hybridized carbons (Fsp3) is 0.250. The fourth-order valence-corrected chi connectivity index (χ4v) is 12.8. The lowest BCUT2D eigenvalue weighted by Crippen LogP contribution is -2.29. The highest BCUT2D eigenvalue weighted by atomic mass is 35.8. The molecule has 3 aliphatic rings. The Labute approximate surface area is 141 Å². The van der Waals surface area contributed by atoms with Crippen LogP contribution in [0.2, 0.25) is 0 Å². The standard InChI is InChI=1S/C8H5Cl4NS5/c1-2-13-3-5(9)17(11)15-7(3)14-8-4(13)6(10)18(12)16-8/h2H2,1H3. The molecule has 1 nitrogen and oxygen atoms in total. The van der Waals surface area contributed by atoms with E-state index in [1.54, 1.807) is 33.3 Å². The molecule has 0 saturated heterocycles. The van der Waals surface area contributed by atoms with Gasteiger partial charge >= 0.3 is 0 Å². The Hall–Kier alpha value is 1.93. The smallest absolute Gasteiger partial charge is 0.114 e. The van der Waals surface area contributed by atoms with Crippen molar-refractivity contribution in [3.05, 3.63) is 19.9 Å². The summed E-state index contributed by atoms with van der Waals surface area (Å²) in [6.45, 7) is 2.87. The second kappa shape index (κ2) is 5.61. The van der Waals surface area contributed by atoms with Crippen LogP contribution in [0.5, 0.6) is 0 Å². The molecule has 0 aliphatic carbocycles. The molecule has 0 aromatic rings. The first-order valence-electron chi connectivity index (χ1n) is 4.72. The van der Waals surface area contributed by atoms with Crippen LogP contribution in [-0.2, 0) is 0 Å². The Kier molecular flexibility index (Phi) is 4.63. The lowest BCUT2D eigenvalue weighted by atomic mass is 10.3. The number of allylic oxidation sites excluding steroid dienone is 2. The molecule has 18 heavy (non-hydrogen) atoms. The highest BCUT2D eigenvalue weighted by Crippen LogP contribution is 2.66. The Balaban J connectivity index is 2.08. The van der Waals surface area contributed by atoms with Crippen LogP contribution < -0.4 is 0 Å². The zero-order valence-corrected chi connectivity index (χ0v) is 15.8. The van der Waals surface area contributed by atoms with Gasteiger partial charge in [0.15, 0.2) is 0 Å². The van der Waals surface area contributed by atoms with Crippen LogP contribution in [0, 0.1) is 0 Å². The lowest BCUT2D eigenvalue weighted by Gasteiger charge is -2.30. The van der Waals surface area contributed by atoms with Crippen LogP contribution in [0.3, 0.4) is 0 Å². The first kappa shape index (κ1) is 14.9. The number of nitrogens with zero attached hydrogens (tertiary/aromatic N) is 1. The quantitative estimate of drug-likeness (QED) is 0.280. The van der Waals surface area contributed by atoms with E-state index in [1.807, 2.05) is 0 Å². The second-order valence-corrected chi connectivity index (χ2v) is 14.8. The maximum absolute atomic E-state index is 6.34. The van der Waals surface area contributed by atoms with Crippen LogP contribution in [0.25, 0.3) is 0 Å². The van der Waals surface area contributed by atoms with Crippen molar-refractivity contribution in [2.75, 3.05) is 6.54 Å². The molecule has 100 valence electrons. The molecule has 0 fully saturated rings. The minimum Gasteiger partial charge on any atom is -0.336 e. The normalized spacial score (nSPS) is 31.5. The summed E-state index contributed by atoms with van der Waals surface area (Å²) in [5.74, 6) is 0. The van der Waals surface area contributed by atoms with Crippen molar-refractivity contribution >= 4 is 104 Å². The predicted octanol–water partition coefficient (Wildman–Crippen LogP) is 6.30. The summed E-state index contributed by atoms with van der Waals surface area (Å²) in [4.78, 5) is 2.14. The Morgan fingerprint density at radius 3 is 1.83 bits per heavy atom.